The van der Waals surface area contributed by atoms with Crippen molar-refractivity contribution in [3.05, 3.63) is 71.8 Å². The van der Waals surface area contributed by atoms with E-state index < -0.39 is 7.60 Å². The lowest BCUT2D eigenvalue weighted by atomic mass is 10.2. The Kier molecular flexibility index (Phi) is 8.87. The molecule has 2 aromatic rings. The van der Waals surface area contributed by atoms with Crippen molar-refractivity contribution in [1.82, 2.24) is 0 Å². The summed E-state index contributed by atoms with van der Waals surface area (Å²) in [5.74, 6) is 0. The molecule has 1 unspecified atom stereocenters. The topological polar surface area (TPSA) is 65.0 Å². The Morgan fingerprint density at radius 1 is 0.760 bits per heavy atom. The fourth-order valence-electron chi connectivity index (χ4n) is 2.20. The van der Waals surface area contributed by atoms with Crippen LogP contribution in [0.15, 0.2) is 60.7 Å². The fourth-order valence-corrected chi connectivity index (χ4v) is 3.22. The highest BCUT2D eigenvalue weighted by Crippen LogP contribution is 2.42. The normalized spacial score (nSPS) is 13.5. The Bertz CT molecular complexity index is 579. The van der Waals surface area contributed by atoms with E-state index in [9.17, 15) is 9.46 Å². The molecule has 2 aromatic carbocycles. The second kappa shape index (κ2) is 11.2. The predicted molar refractivity (Wildman–Crippen MR) is 97.5 cm³/mol. The van der Waals surface area contributed by atoms with E-state index in [2.05, 4.69) is 0 Å². The molecule has 5 nitrogen and oxygen atoms in total. The minimum Gasteiger partial charge on any atom is -0.377 e. The lowest BCUT2D eigenvalue weighted by Gasteiger charge is -2.12. The van der Waals surface area contributed by atoms with Crippen molar-refractivity contribution < 1.29 is 23.5 Å². The van der Waals surface area contributed by atoms with Crippen LogP contribution in [0.2, 0.25) is 0 Å². The van der Waals surface area contributed by atoms with Crippen molar-refractivity contribution in [3.8, 4) is 0 Å². The summed E-state index contributed by atoms with van der Waals surface area (Å²) in [4.78, 5) is 9.77. The van der Waals surface area contributed by atoms with E-state index >= 15 is 0 Å². The third kappa shape index (κ3) is 8.96. The second-order valence-corrected chi connectivity index (χ2v) is 7.60. The molecule has 0 fully saturated rings. The first-order valence-corrected chi connectivity index (χ1v) is 10.1. The summed E-state index contributed by atoms with van der Waals surface area (Å²) in [5.41, 5.74) is 2.15. The van der Waals surface area contributed by atoms with E-state index in [1.807, 2.05) is 60.7 Å². The molecule has 0 heterocycles. The van der Waals surface area contributed by atoms with Gasteiger partial charge in [0.05, 0.1) is 32.6 Å². The number of hydrogen-bond acceptors (Lipinski definition) is 4. The molecule has 6 heteroatoms. The summed E-state index contributed by atoms with van der Waals surface area (Å²) in [6.45, 7) is 1.78. The molecule has 0 radical (unpaired) electrons. The molecule has 0 saturated heterocycles. The highest BCUT2D eigenvalue weighted by molar-refractivity contribution is 7.52. The van der Waals surface area contributed by atoms with Gasteiger partial charge in [0.25, 0.3) is 0 Å². The van der Waals surface area contributed by atoms with E-state index in [1.165, 1.54) is 0 Å². The quantitative estimate of drug-likeness (QED) is 0.455. The van der Waals surface area contributed by atoms with Crippen LogP contribution in [0.4, 0.5) is 0 Å². The number of rotatable bonds is 12. The smallest absolute Gasteiger partial charge is 0.328 e. The summed E-state index contributed by atoms with van der Waals surface area (Å²) in [7, 11) is -3.58. The molecule has 136 valence electrons. The van der Waals surface area contributed by atoms with E-state index in [1.54, 1.807) is 0 Å². The zero-order chi connectivity index (χ0) is 17.8. The molecule has 0 saturated carbocycles. The molecule has 1 N–H and O–H groups in total. The van der Waals surface area contributed by atoms with Crippen LogP contribution in [-0.4, -0.2) is 30.9 Å². The van der Waals surface area contributed by atoms with Crippen LogP contribution in [0.3, 0.4) is 0 Å². The Hall–Kier alpha value is -1.49. The van der Waals surface area contributed by atoms with E-state index in [0.29, 0.717) is 26.2 Å². The molecule has 2 rings (SSSR count). The minimum absolute atomic E-state index is 0.0838. The zero-order valence-corrected chi connectivity index (χ0v) is 15.1. The number of hydrogen-bond donors (Lipinski definition) is 1. The Morgan fingerprint density at radius 2 is 1.28 bits per heavy atom. The maximum absolute atomic E-state index is 11.9. The van der Waals surface area contributed by atoms with Crippen molar-refractivity contribution in [2.45, 2.75) is 19.6 Å². The average molecular weight is 364 g/mol. The number of ether oxygens (including phenoxy) is 2. The minimum atomic E-state index is -3.58. The molecule has 0 aliphatic carbocycles. The predicted octanol–water partition coefficient (Wildman–Crippen LogP) is 4.01. The van der Waals surface area contributed by atoms with Gasteiger partial charge < -0.3 is 18.9 Å². The molecular formula is C19H25O5P. The average Bonchev–Trinajstić information content (AvgIpc) is 2.63. The first-order chi connectivity index (χ1) is 12.2. The molecule has 0 aliphatic heterocycles. The SMILES string of the molecule is O=P(O)(CCCOCc1ccccc1)OCCOCc1ccccc1. The Morgan fingerprint density at radius 3 is 1.84 bits per heavy atom. The van der Waals surface area contributed by atoms with Gasteiger partial charge in [0.15, 0.2) is 0 Å². The molecule has 25 heavy (non-hydrogen) atoms. The first-order valence-electron chi connectivity index (χ1n) is 8.35. The van der Waals surface area contributed by atoms with Crippen molar-refractivity contribution in [2.75, 3.05) is 26.0 Å². The molecule has 0 amide bonds. The summed E-state index contributed by atoms with van der Waals surface area (Å²) < 4.78 is 27.9. The maximum atomic E-state index is 11.9. The molecule has 0 aromatic heterocycles. The van der Waals surface area contributed by atoms with Crippen molar-refractivity contribution >= 4 is 7.60 Å². The summed E-state index contributed by atoms with van der Waals surface area (Å²) in [5, 5.41) is 0. The van der Waals surface area contributed by atoms with E-state index in [4.69, 9.17) is 14.0 Å². The summed E-state index contributed by atoms with van der Waals surface area (Å²) >= 11 is 0. The van der Waals surface area contributed by atoms with Gasteiger partial charge in [-0.25, -0.2) is 0 Å². The lowest BCUT2D eigenvalue weighted by molar-refractivity contribution is 0.0839. The van der Waals surface area contributed by atoms with Gasteiger partial charge in [-0.2, -0.15) is 0 Å². The third-order valence-electron chi connectivity index (χ3n) is 3.47. The summed E-state index contributed by atoms with van der Waals surface area (Å²) in [6, 6.07) is 19.6. The largest absolute Gasteiger partial charge is 0.377 e. The molecule has 0 spiro atoms. The van der Waals surface area contributed by atoms with Crippen LogP contribution in [0.25, 0.3) is 0 Å². The van der Waals surface area contributed by atoms with Gasteiger partial charge in [-0.3, -0.25) is 4.57 Å². The van der Waals surface area contributed by atoms with Crippen LogP contribution >= 0.6 is 7.60 Å². The lowest BCUT2D eigenvalue weighted by Crippen LogP contribution is -2.06. The second-order valence-electron chi connectivity index (χ2n) is 5.62. The monoisotopic (exact) mass is 364 g/mol. The van der Waals surface area contributed by atoms with E-state index in [-0.39, 0.29) is 19.4 Å². The van der Waals surface area contributed by atoms with Gasteiger partial charge in [0.2, 0.25) is 0 Å². The van der Waals surface area contributed by atoms with Gasteiger partial charge in [-0.05, 0) is 17.5 Å². The highest BCUT2D eigenvalue weighted by atomic mass is 31.2. The van der Waals surface area contributed by atoms with Crippen molar-refractivity contribution in [3.63, 3.8) is 0 Å². The Balaban J connectivity index is 1.50. The van der Waals surface area contributed by atoms with E-state index in [0.717, 1.165) is 11.1 Å². The van der Waals surface area contributed by atoms with Gasteiger partial charge >= 0.3 is 7.60 Å². The van der Waals surface area contributed by atoms with Gasteiger partial charge in [0.1, 0.15) is 0 Å². The van der Waals surface area contributed by atoms with Gasteiger partial charge in [-0.15, -0.1) is 0 Å². The number of benzene rings is 2. The molecule has 0 aliphatic rings. The molecular weight excluding hydrogens is 339 g/mol. The van der Waals surface area contributed by atoms with Gasteiger partial charge in [-0.1, -0.05) is 60.7 Å². The van der Waals surface area contributed by atoms with Crippen molar-refractivity contribution in [2.24, 2.45) is 0 Å². The zero-order valence-electron chi connectivity index (χ0n) is 14.3. The highest BCUT2D eigenvalue weighted by Gasteiger charge is 2.18. The van der Waals surface area contributed by atoms with Crippen LogP contribution in [0, 0.1) is 0 Å². The van der Waals surface area contributed by atoms with Crippen LogP contribution in [0.1, 0.15) is 17.5 Å². The third-order valence-corrected chi connectivity index (χ3v) is 4.94. The van der Waals surface area contributed by atoms with Crippen LogP contribution < -0.4 is 0 Å². The first kappa shape index (κ1) is 19.8. The van der Waals surface area contributed by atoms with Crippen LogP contribution in [-0.2, 0) is 31.8 Å². The van der Waals surface area contributed by atoms with Gasteiger partial charge in [0, 0.05) is 6.61 Å². The van der Waals surface area contributed by atoms with Crippen LogP contribution in [0.5, 0.6) is 0 Å². The fraction of sp³-hybridized carbons (Fsp3) is 0.368. The maximum Gasteiger partial charge on any atom is 0.328 e. The standard InChI is InChI=1S/C19H25O5P/c20-25(21,15-7-12-22-16-18-8-3-1-4-9-18)24-14-13-23-17-19-10-5-2-6-11-19/h1-6,8-11H,7,12-17H2,(H,20,21). The van der Waals surface area contributed by atoms with Crippen molar-refractivity contribution in [1.29, 1.82) is 0 Å². The Labute approximate surface area is 149 Å². The molecule has 0 bridgehead atoms. The summed E-state index contributed by atoms with van der Waals surface area (Å²) in [6.07, 6.45) is 0.561. The molecule has 1 atom stereocenters.